The molecule has 2 atom stereocenters. The number of carbonyl (C=O) groups is 5. The van der Waals surface area contributed by atoms with Crippen LogP contribution in [0, 0.1) is 0 Å². The Morgan fingerprint density at radius 2 is 1.75 bits per heavy atom. The number of nitrogens with one attached hydrogen (secondary N) is 1. The number of nitrogens with zero attached hydrogens (tertiary/aromatic N) is 2. The number of benzene rings is 1. The monoisotopic (exact) mass is 445 g/mol. The predicted octanol–water partition coefficient (Wildman–Crippen LogP) is 1.37. The van der Waals surface area contributed by atoms with Gasteiger partial charge >= 0.3 is 18.0 Å². The molecule has 2 aliphatic heterocycles. The standard InChI is InChI=1S/C22H27N3O7/c26-18(23-16(21(30)31)9-10-19(27)28)8-2-1-5-11-24-20(29)17-12-14-6-3-4-7-15(14)13-25(17)22(24)32/h3-4,6-7,16-17H,1-2,5,8-13H2,(H,23,26)(H,27,28)(H,30,31)/t16-,17-/m1/s1. The molecule has 0 bridgehead atoms. The van der Waals surface area contributed by atoms with Crippen molar-refractivity contribution in [2.45, 2.75) is 63.6 Å². The second-order valence-corrected chi connectivity index (χ2v) is 8.09. The molecule has 0 saturated carbocycles. The number of unbranched alkanes of at least 4 members (excludes halogenated alkanes) is 2. The SMILES string of the molecule is O=C(O)CC[C@@H](NC(=O)CCCCCN1C(=O)[C@H]2Cc3ccccc3CN2C1=O)C(=O)O. The fourth-order valence-corrected chi connectivity index (χ4v) is 4.10. The largest absolute Gasteiger partial charge is 0.481 e. The fourth-order valence-electron chi connectivity index (χ4n) is 4.10. The van der Waals surface area contributed by atoms with Crippen LogP contribution in [0.5, 0.6) is 0 Å². The van der Waals surface area contributed by atoms with E-state index in [9.17, 15) is 24.0 Å². The number of carbonyl (C=O) groups excluding carboxylic acids is 3. The van der Waals surface area contributed by atoms with Crippen LogP contribution in [0.4, 0.5) is 4.79 Å². The summed E-state index contributed by atoms with van der Waals surface area (Å²) in [6.45, 7) is 0.702. The highest BCUT2D eigenvalue weighted by molar-refractivity contribution is 6.04. The van der Waals surface area contributed by atoms with Gasteiger partial charge in [-0.3, -0.25) is 19.3 Å². The average Bonchev–Trinajstić information content (AvgIpc) is 2.98. The van der Waals surface area contributed by atoms with Crippen molar-refractivity contribution in [1.82, 2.24) is 15.1 Å². The van der Waals surface area contributed by atoms with Gasteiger partial charge in [-0.1, -0.05) is 30.7 Å². The second kappa shape index (κ2) is 10.3. The minimum absolute atomic E-state index is 0.0861. The smallest absolute Gasteiger partial charge is 0.327 e. The van der Waals surface area contributed by atoms with Crippen molar-refractivity contribution in [2.24, 2.45) is 0 Å². The van der Waals surface area contributed by atoms with E-state index in [0.29, 0.717) is 32.2 Å². The average molecular weight is 445 g/mol. The molecule has 1 aromatic rings. The number of urea groups is 1. The number of carboxylic acids is 2. The van der Waals surface area contributed by atoms with Crippen LogP contribution < -0.4 is 5.32 Å². The first-order valence-electron chi connectivity index (χ1n) is 10.7. The number of fused-ring (bicyclic) bond motifs is 2. The van der Waals surface area contributed by atoms with Gasteiger partial charge in [0.15, 0.2) is 0 Å². The summed E-state index contributed by atoms with van der Waals surface area (Å²) in [5.74, 6) is -3.06. The van der Waals surface area contributed by atoms with E-state index in [4.69, 9.17) is 10.2 Å². The zero-order valence-corrected chi connectivity index (χ0v) is 17.7. The molecule has 1 fully saturated rings. The van der Waals surface area contributed by atoms with Crippen molar-refractivity contribution < 1.29 is 34.2 Å². The minimum Gasteiger partial charge on any atom is -0.481 e. The number of hydrogen-bond donors (Lipinski definition) is 3. The highest BCUT2D eigenvalue weighted by Gasteiger charge is 2.46. The van der Waals surface area contributed by atoms with Crippen LogP contribution in [0.3, 0.4) is 0 Å². The third kappa shape index (κ3) is 5.43. The molecule has 10 nitrogen and oxygen atoms in total. The Labute approximate surface area is 185 Å². The molecular formula is C22H27N3O7. The Kier molecular flexibility index (Phi) is 7.45. The number of imide groups is 1. The molecule has 3 N–H and O–H groups in total. The molecule has 32 heavy (non-hydrogen) atoms. The lowest BCUT2D eigenvalue weighted by molar-refractivity contribution is -0.143. The van der Waals surface area contributed by atoms with Crippen LogP contribution in [0.1, 0.15) is 49.7 Å². The van der Waals surface area contributed by atoms with Crippen LogP contribution in [-0.2, 0) is 32.1 Å². The van der Waals surface area contributed by atoms with Crippen molar-refractivity contribution in [3.63, 3.8) is 0 Å². The lowest BCUT2D eigenvalue weighted by atomic mass is 9.95. The molecule has 1 saturated heterocycles. The maximum absolute atomic E-state index is 12.7. The number of carboxylic acid groups (broad SMARTS) is 2. The zero-order valence-electron chi connectivity index (χ0n) is 17.7. The van der Waals surface area contributed by atoms with Crippen LogP contribution >= 0.6 is 0 Å². The zero-order chi connectivity index (χ0) is 23.3. The Hall–Kier alpha value is -3.43. The van der Waals surface area contributed by atoms with Crippen LogP contribution in [-0.4, -0.2) is 68.4 Å². The van der Waals surface area contributed by atoms with Crippen molar-refractivity contribution in [3.05, 3.63) is 35.4 Å². The summed E-state index contributed by atoms with van der Waals surface area (Å²) in [5.41, 5.74) is 2.14. The number of amides is 4. The lowest BCUT2D eigenvalue weighted by Crippen LogP contribution is -2.41. The summed E-state index contributed by atoms with van der Waals surface area (Å²) >= 11 is 0. The molecular weight excluding hydrogens is 418 g/mol. The van der Waals surface area contributed by atoms with Crippen LogP contribution in [0.2, 0.25) is 0 Å². The van der Waals surface area contributed by atoms with Gasteiger partial charge in [0.2, 0.25) is 5.91 Å². The number of hydrogen-bond acceptors (Lipinski definition) is 5. The molecule has 2 heterocycles. The van der Waals surface area contributed by atoms with Gasteiger partial charge in [-0.15, -0.1) is 0 Å². The lowest BCUT2D eigenvalue weighted by Gasteiger charge is -2.28. The molecule has 1 aromatic carbocycles. The molecule has 3 rings (SSSR count). The van der Waals surface area contributed by atoms with Gasteiger partial charge in [-0.25, -0.2) is 9.59 Å². The summed E-state index contributed by atoms with van der Waals surface area (Å²) in [6, 6.07) is 5.81. The van der Waals surface area contributed by atoms with Crippen molar-refractivity contribution in [3.8, 4) is 0 Å². The van der Waals surface area contributed by atoms with Gasteiger partial charge in [-0.2, -0.15) is 0 Å². The van der Waals surface area contributed by atoms with E-state index in [1.165, 1.54) is 4.90 Å². The summed E-state index contributed by atoms with van der Waals surface area (Å²) in [7, 11) is 0. The quantitative estimate of drug-likeness (QED) is 0.345. The molecule has 4 amide bonds. The molecule has 0 spiro atoms. The maximum Gasteiger partial charge on any atom is 0.327 e. The molecule has 0 unspecified atom stereocenters. The van der Waals surface area contributed by atoms with Gasteiger partial charge in [0.25, 0.3) is 5.91 Å². The van der Waals surface area contributed by atoms with Gasteiger partial charge in [0.05, 0.1) is 0 Å². The molecule has 0 aromatic heterocycles. The highest BCUT2D eigenvalue weighted by atomic mass is 16.4. The van der Waals surface area contributed by atoms with E-state index < -0.39 is 29.9 Å². The third-order valence-electron chi connectivity index (χ3n) is 5.84. The Morgan fingerprint density at radius 1 is 1.03 bits per heavy atom. The van der Waals surface area contributed by atoms with Crippen molar-refractivity contribution >= 4 is 29.8 Å². The third-order valence-corrected chi connectivity index (χ3v) is 5.84. The first-order valence-corrected chi connectivity index (χ1v) is 10.7. The maximum atomic E-state index is 12.7. The summed E-state index contributed by atoms with van der Waals surface area (Å²) < 4.78 is 0. The van der Waals surface area contributed by atoms with E-state index in [2.05, 4.69) is 5.32 Å². The first-order chi connectivity index (χ1) is 15.3. The highest BCUT2D eigenvalue weighted by Crippen LogP contribution is 2.30. The first kappa shape index (κ1) is 23.2. The summed E-state index contributed by atoms with van der Waals surface area (Å²) in [6.07, 6.45) is 1.66. The molecule has 0 radical (unpaired) electrons. The normalized spacial score (nSPS) is 18.2. The van der Waals surface area contributed by atoms with Gasteiger partial charge in [0.1, 0.15) is 12.1 Å². The Morgan fingerprint density at radius 3 is 2.44 bits per heavy atom. The van der Waals surface area contributed by atoms with Crippen LogP contribution in [0.25, 0.3) is 0 Å². The summed E-state index contributed by atoms with van der Waals surface area (Å²) in [4.78, 5) is 62.0. The Bertz CT molecular complexity index is 874. The molecule has 172 valence electrons. The molecule has 0 aliphatic carbocycles. The van der Waals surface area contributed by atoms with Gasteiger partial charge in [-0.05, 0) is 30.4 Å². The van der Waals surface area contributed by atoms with Crippen molar-refractivity contribution in [1.29, 1.82) is 0 Å². The van der Waals surface area contributed by atoms with E-state index in [-0.39, 0.29) is 37.7 Å². The van der Waals surface area contributed by atoms with E-state index in [1.807, 2.05) is 24.3 Å². The van der Waals surface area contributed by atoms with E-state index in [1.54, 1.807) is 4.90 Å². The van der Waals surface area contributed by atoms with Crippen LogP contribution in [0.15, 0.2) is 24.3 Å². The summed E-state index contributed by atoms with van der Waals surface area (Å²) in [5, 5.41) is 20.1. The van der Waals surface area contributed by atoms with Crippen molar-refractivity contribution in [2.75, 3.05) is 6.54 Å². The van der Waals surface area contributed by atoms with E-state index in [0.717, 1.165) is 11.1 Å². The Balaban J connectivity index is 1.40. The number of aliphatic carboxylic acids is 2. The molecule has 2 aliphatic rings. The topological polar surface area (TPSA) is 144 Å². The number of rotatable bonds is 11. The second-order valence-electron chi connectivity index (χ2n) is 8.09. The fraction of sp³-hybridized carbons (Fsp3) is 0.500. The predicted molar refractivity (Wildman–Crippen MR) is 111 cm³/mol. The van der Waals surface area contributed by atoms with Gasteiger partial charge in [0, 0.05) is 32.4 Å². The van der Waals surface area contributed by atoms with Gasteiger partial charge < -0.3 is 20.4 Å². The molecule has 10 heteroatoms. The van der Waals surface area contributed by atoms with E-state index >= 15 is 0 Å². The minimum atomic E-state index is -1.27.